The van der Waals surface area contributed by atoms with Gasteiger partial charge in [-0.2, -0.15) is 0 Å². The van der Waals surface area contributed by atoms with E-state index < -0.39 is 5.79 Å². The summed E-state index contributed by atoms with van der Waals surface area (Å²) in [7, 11) is 0. The van der Waals surface area contributed by atoms with Gasteiger partial charge in [0.05, 0.1) is 13.2 Å². The number of fused-ring (bicyclic) bond motifs is 1. The van der Waals surface area contributed by atoms with E-state index in [4.69, 9.17) is 9.47 Å². The van der Waals surface area contributed by atoms with Crippen LogP contribution in [0.15, 0.2) is 48.5 Å². The van der Waals surface area contributed by atoms with Crippen LogP contribution in [0.3, 0.4) is 0 Å². The number of hydrogen-bond donors (Lipinski definition) is 0. The maximum Gasteiger partial charge on any atom is 0.199 e. The molecule has 0 bridgehead atoms. The van der Waals surface area contributed by atoms with E-state index >= 15 is 0 Å². The van der Waals surface area contributed by atoms with Crippen LogP contribution in [0.1, 0.15) is 56.9 Å². The highest BCUT2D eigenvalue weighted by Gasteiger charge is 2.50. The second-order valence-electron chi connectivity index (χ2n) is 10.5. The van der Waals surface area contributed by atoms with Crippen LogP contribution in [0.2, 0.25) is 0 Å². The first kappa shape index (κ1) is 23.3. The van der Waals surface area contributed by atoms with Crippen LogP contribution in [0.25, 0.3) is 0 Å². The minimum atomic E-state index is -0.689. The number of benzene rings is 2. The van der Waals surface area contributed by atoms with Crippen LogP contribution >= 0.6 is 12.4 Å². The van der Waals surface area contributed by atoms with Gasteiger partial charge in [-0.15, -0.1) is 12.4 Å². The molecule has 2 aliphatic heterocycles. The number of rotatable bonds is 3. The second-order valence-corrected chi connectivity index (χ2v) is 10.5. The van der Waals surface area contributed by atoms with E-state index in [2.05, 4.69) is 88.0 Å². The van der Waals surface area contributed by atoms with Crippen molar-refractivity contribution in [2.75, 3.05) is 19.8 Å². The molecule has 0 aromatic heterocycles. The molecule has 0 N–H and O–H groups in total. The summed E-state index contributed by atoms with van der Waals surface area (Å²) in [6.45, 7) is 15.5. The van der Waals surface area contributed by atoms with Crippen molar-refractivity contribution in [3.8, 4) is 0 Å². The van der Waals surface area contributed by atoms with Crippen LogP contribution in [0.5, 0.6) is 0 Å². The molecule has 0 unspecified atom stereocenters. The average molecular weight is 430 g/mol. The standard InChI is InChI=1S/C26H35NO2.ClH/c1-24(2,3)26(28-18-25(4,5)19-29-26)23-12-10-20(11-13-23)16-27-15-14-21-8-6-7-9-22(21)17-27;/h6-13H,14-19H2,1-5H3;1H. The van der Waals surface area contributed by atoms with Gasteiger partial charge in [-0.05, 0) is 23.1 Å². The summed E-state index contributed by atoms with van der Waals surface area (Å²) in [5.74, 6) is -0.689. The minimum Gasteiger partial charge on any atom is -0.345 e. The molecule has 0 amide bonds. The lowest BCUT2D eigenvalue weighted by Crippen LogP contribution is -2.52. The molecule has 0 radical (unpaired) electrons. The van der Waals surface area contributed by atoms with Gasteiger partial charge in [0, 0.05) is 36.0 Å². The fourth-order valence-electron chi connectivity index (χ4n) is 4.49. The molecule has 0 atom stereocenters. The molecule has 0 spiro atoms. The Kier molecular flexibility index (Phi) is 6.69. The van der Waals surface area contributed by atoms with Crippen LogP contribution in [-0.4, -0.2) is 24.7 Å². The Morgan fingerprint density at radius 1 is 0.900 bits per heavy atom. The minimum absolute atomic E-state index is 0. The van der Waals surface area contributed by atoms with E-state index in [1.807, 2.05) is 0 Å². The van der Waals surface area contributed by atoms with Gasteiger partial charge in [-0.25, -0.2) is 0 Å². The SMILES string of the molecule is CC1(C)COC(c2ccc(CN3CCc4ccccc4C3)cc2)(C(C)(C)C)OC1.Cl. The van der Waals surface area contributed by atoms with Gasteiger partial charge < -0.3 is 9.47 Å². The third kappa shape index (κ3) is 4.60. The number of nitrogens with zero attached hydrogens (tertiary/aromatic N) is 1. The predicted molar refractivity (Wildman–Crippen MR) is 125 cm³/mol. The second kappa shape index (κ2) is 8.63. The fraction of sp³-hybridized carbons (Fsp3) is 0.538. The topological polar surface area (TPSA) is 21.7 Å². The Labute approximate surface area is 188 Å². The summed E-state index contributed by atoms with van der Waals surface area (Å²) < 4.78 is 12.9. The van der Waals surface area contributed by atoms with Crippen molar-refractivity contribution in [3.05, 3.63) is 70.8 Å². The van der Waals surface area contributed by atoms with Gasteiger partial charge in [0.2, 0.25) is 0 Å². The first-order chi connectivity index (χ1) is 13.7. The van der Waals surface area contributed by atoms with Gasteiger partial charge in [-0.1, -0.05) is 83.1 Å². The molecule has 2 aliphatic rings. The Bertz CT molecular complexity index is 844. The van der Waals surface area contributed by atoms with Crippen molar-refractivity contribution in [2.45, 2.75) is 59.9 Å². The van der Waals surface area contributed by atoms with Crippen molar-refractivity contribution >= 4 is 12.4 Å². The molecule has 164 valence electrons. The van der Waals surface area contributed by atoms with Crippen molar-refractivity contribution < 1.29 is 9.47 Å². The predicted octanol–water partition coefficient (Wildman–Crippen LogP) is 5.94. The van der Waals surface area contributed by atoms with E-state index in [1.54, 1.807) is 0 Å². The Morgan fingerprint density at radius 3 is 2.10 bits per heavy atom. The molecule has 2 heterocycles. The van der Waals surface area contributed by atoms with Crippen LogP contribution < -0.4 is 0 Å². The maximum atomic E-state index is 6.43. The zero-order chi connectivity index (χ0) is 20.7. The van der Waals surface area contributed by atoms with E-state index in [0.717, 1.165) is 31.6 Å². The van der Waals surface area contributed by atoms with Gasteiger partial charge in [0.15, 0.2) is 5.79 Å². The average Bonchev–Trinajstić information content (AvgIpc) is 2.68. The van der Waals surface area contributed by atoms with E-state index in [1.165, 1.54) is 16.7 Å². The normalized spacial score (nSPS) is 20.8. The van der Waals surface area contributed by atoms with E-state index in [9.17, 15) is 0 Å². The molecular formula is C26H36ClNO2. The molecule has 0 saturated carbocycles. The Balaban J connectivity index is 0.00000256. The molecule has 2 aromatic carbocycles. The van der Waals surface area contributed by atoms with E-state index in [-0.39, 0.29) is 23.2 Å². The van der Waals surface area contributed by atoms with Crippen molar-refractivity contribution in [1.29, 1.82) is 0 Å². The van der Waals surface area contributed by atoms with Crippen molar-refractivity contribution in [1.82, 2.24) is 4.90 Å². The van der Waals surface area contributed by atoms with Crippen LogP contribution in [0, 0.1) is 10.8 Å². The third-order valence-electron chi connectivity index (χ3n) is 6.27. The van der Waals surface area contributed by atoms with Gasteiger partial charge in [0.25, 0.3) is 0 Å². The van der Waals surface area contributed by atoms with Gasteiger partial charge in [0.1, 0.15) is 0 Å². The number of halogens is 1. The summed E-state index contributed by atoms with van der Waals surface area (Å²) in [6, 6.07) is 17.7. The molecule has 4 heteroatoms. The van der Waals surface area contributed by atoms with Gasteiger partial charge in [-0.3, -0.25) is 4.90 Å². The highest BCUT2D eigenvalue weighted by Crippen LogP contribution is 2.48. The first-order valence-corrected chi connectivity index (χ1v) is 10.9. The molecular weight excluding hydrogens is 394 g/mol. The lowest BCUT2D eigenvalue weighted by Gasteiger charge is -2.50. The largest absolute Gasteiger partial charge is 0.345 e. The summed E-state index contributed by atoms with van der Waals surface area (Å²) in [6.07, 6.45) is 1.14. The summed E-state index contributed by atoms with van der Waals surface area (Å²) in [5.41, 5.74) is 5.33. The Morgan fingerprint density at radius 2 is 1.50 bits per heavy atom. The lowest BCUT2D eigenvalue weighted by atomic mass is 9.78. The molecule has 4 rings (SSSR count). The smallest absolute Gasteiger partial charge is 0.199 e. The highest BCUT2D eigenvalue weighted by atomic mass is 35.5. The van der Waals surface area contributed by atoms with Crippen LogP contribution in [0.4, 0.5) is 0 Å². The molecule has 3 nitrogen and oxygen atoms in total. The highest BCUT2D eigenvalue weighted by molar-refractivity contribution is 5.85. The van der Waals surface area contributed by atoms with Crippen LogP contribution in [-0.2, 0) is 34.8 Å². The first-order valence-electron chi connectivity index (χ1n) is 10.9. The molecule has 0 aliphatic carbocycles. The maximum absolute atomic E-state index is 6.43. The zero-order valence-electron chi connectivity index (χ0n) is 19.0. The zero-order valence-corrected chi connectivity index (χ0v) is 19.8. The Hall–Kier alpha value is -1.39. The molecule has 1 saturated heterocycles. The molecule has 2 aromatic rings. The third-order valence-corrected chi connectivity index (χ3v) is 6.27. The van der Waals surface area contributed by atoms with Crippen molar-refractivity contribution in [2.24, 2.45) is 10.8 Å². The number of hydrogen-bond acceptors (Lipinski definition) is 3. The summed E-state index contributed by atoms with van der Waals surface area (Å²) in [5, 5.41) is 0. The van der Waals surface area contributed by atoms with Crippen molar-refractivity contribution in [3.63, 3.8) is 0 Å². The summed E-state index contributed by atoms with van der Waals surface area (Å²) in [4.78, 5) is 2.53. The monoisotopic (exact) mass is 429 g/mol. The van der Waals surface area contributed by atoms with E-state index in [0.29, 0.717) is 13.2 Å². The molecule has 1 fully saturated rings. The number of ether oxygens (including phenoxy) is 2. The fourth-order valence-corrected chi connectivity index (χ4v) is 4.49. The lowest BCUT2D eigenvalue weighted by molar-refractivity contribution is -0.350. The van der Waals surface area contributed by atoms with Gasteiger partial charge >= 0.3 is 0 Å². The quantitative estimate of drug-likeness (QED) is 0.602. The molecule has 30 heavy (non-hydrogen) atoms. The summed E-state index contributed by atoms with van der Waals surface area (Å²) >= 11 is 0.